The van der Waals surface area contributed by atoms with Crippen LogP contribution in [-0.2, 0) is 0 Å². The average molecular weight is 609 g/mol. The van der Waals surface area contributed by atoms with Gasteiger partial charge >= 0.3 is 0 Å². The lowest BCUT2D eigenvalue weighted by molar-refractivity contribution is 0.493. The molecule has 0 spiro atoms. The van der Waals surface area contributed by atoms with Crippen molar-refractivity contribution in [3.05, 3.63) is 176 Å². The van der Waals surface area contributed by atoms with E-state index in [4.69, 9.17) is 4.74 Å². The molecule has 1 nitrogen and oxygen atoms in total. The third-order valence-electron chi connectivity index (χ3n) is 10.1. The summed E-state index contributed by atoms with van der Waals surface area (Å²) in [5.74, 6) is 1.87. The van der Waals surface area contributed by atoms with Crippen molar-refractivity contribution in [1.82, 2.24) is 0 Å². The van der Waals surface area contributed by atoms with E-state index in [1.165, 1.54) is 76.7 Å². The van der Waals surface area contributed by atoms with Gasteiger partial charge in [-0.1, -0.05) is 157 Å². The quantitative estimate of drug-likeness (QED) is 0.143. The monoisotopic (exact) mass is 608 g/mol. The number of hydrogen-bond acceptors (Lipinski definition) is 1. The van der Waals surface area contributed by atoms with Crippen LogP contribution in [0.3, 0.4) is 0 Å². The number of hydrogen-bond donors (Lipinski definition) is 0. The zero-order valence-corrected chi connectivity index (χ0v) is 26.2. The second-order valence-corrected chi connectivity index (χ2v) is 12.8. The van der Waals surface area contributed by atoms with Gasteiger partial charge in [0.2, 0.25) is 0 Å². The Bertz CT molecular complexity index is 2550. The standard InChI is InChI=1S/C46H29BO/c1-4-13-30(14-5-1)36-27-38(31-15-6-2-7-16-31)45(39(28-36)32-17-8-3-9-18-32)47-40-21-10-11-22-42(40)48-46-37-26-25-34-20-12-19-33-23-24-35(29-41(46)47)44(37)43(33)34/h1-29H. The molecule has 1 heterocycles. The Morgan fingerprint density at radius 3 is 1.60 bits per heavy atom. The second-order valence-electron chi connectivity index (χ2n) is 12.8. The highest BCUT2D eigenvalue weighted by Gasteiger charge is 2.37. The fraction of sp³-hybridized carbons (Fsp3) is 0. The molecule has 1 aliphatic rings. The normalized spacial score (nSPS) is 12.3. The number of benzene rings is 9. The van der Waals surface area contributed by atoms with Gasteiger partial charge in [-0.3, -0.25) is 0 Å². The first-order chi connectivity index (χ1) is 23.8. The maximum Gasteiger partial charge on any atom is 0.252 e. The molecule has 0 radical (unpaired) electrons. The fourth-order valence-electron chi connectivity index (χ4n) is 8.01. The highest BCUT2D eigenvalue weighted by atomic mass is 16.5. The molecule has 0 N–H and O–H groups in total. The van der Waals surface area contributed by atoms with Gasteiger partial charge in [-0.2, -0.15) is 0 Å². The van der Waals surface area contributed by atoms with Crippen LogP contribution in [0.5, 0.6) is 11.5 Å². The van der Waals surface area contributed by atoms with Crippen molar-refractivity contribution >= 4 is 55.4 Å². The van der Waals surface area contributed by atoms with Crippen molar-refractivity contribution < 1.29 is 4.74 Å². The van der Waals surface area contributed by atoms with Gasteiger partial charge in [0.15, 0.2) is 0 Å². The lowest BCUT2D eigenvalue weighted by atomic mass is 9.34. The van der Waals surface area contributed by atoms with E-state index in [1.807, 2.05) is 0 Å². The Balaban J connectivity index is 1.36. The summed E-state index contributed by atoms with van der Waals surface area (Å²) < 4.78 is 6.97. The summed E-state index contributed by atoms with van der Waals surface area (Å²) in [7, 11) is 0. The van der Waals surface area contributed by atoms with Crippen molar-refractivity contribution in [1.29, 1.82) is 0 Å². The van der Waals surface area contributed by atoms with Crippen molar-refractivity contribution in [2.24, 2.45) is 0 Å². The second kappa shape index (κ2) is 10.7. The third-order valence-corrected chi connectivity index (χ3v) is 10.1. The minimum absolute atomic E-state index is 0.0675. The predicted octanol–water partition coefficient (Wildman–Crippen LogP) is 10.2. The highest BCUT2D eigenvalue weighted by Crippen LogP contribution is 2.41. The van der Waals surface area contributed by atoms with Crippen molar-refractivity contribution in [2.45, 2.75) is 0 Å². The average Bonchev–Trinajstić information content (AvgIpc) is 3.16. The van der Waals surface area contributed by atoms with E-state index in [0.29, 0.717) is 0 Å². The summed E-state index contributed by atoms with van der Waals surface area (Å²) in [5, 5.41) is 7.49. The molecule has 222 valence electrons. The summed E-state index contributed by atoms with van der Waals surface area (Å²) in [6, 6.07) is 64.0. The van der Waals surface area contributed by atoms with Crippen LogP contribution in [-0.4, -0.2) is 6.71 Å². The molecule has 48 heavy (non-hydrogen) atoms. The van der Waals surface area contributed by atoms with E-state index in [1.54, 1.807) is 0 Å². The summed E-state index contributed by atoms with van der Waals surface area (Å²) in [6.45, 7) is -0.0675. The first-order valence-corrected chi connectivity index (χ1v) is 16.6. The van der Waals surface area contributed by atoms with Gasteiger partial charge in [0.25, 0.3) is 6.71 Å². The molecule has 0 unspecified atom stereocenters. The summed E-state index contributed by atoms with van der Waals surface area (Å²) in [6.07, 6.45) is 0. The van der Waals surface area contributed by atoms with Crippen molar-refractivity contribution in [3.8, 4) is 44.9 Å². The highest BCUT2D eigenvalue weighted by molar-refractivity contribution is 6.98. The topological polar surface area (TPSA) is 9.23 Å². The molecular formula is C46H29BO. The molecule has 0 saturated heterocycles. The molecule has 9 aromatic rings. The molecule has 0 fully saturated rings. The molecular weight excluding hydrogens is 579 g/mol. The van der Waals surface area contributed by atoms with Crippen LogP contribution in [0.25, 0.3) is 65.7 Å². The van der Waals surface area contributed by atoms with Crippen molar-refractivity contribution in [2.75, 3.05) is 0 Å². The Labute approximate surface area is 280 Å². The summed E-state index contributed by atoms with van der Waals surface area (Å²) >= 11 is 0. The van der Waals surface area contributed by atoms with Crippen molar-refractivity contribution in [3.63, 3.8) is 0 Å². The molecule has 0 bridgehead atoms. The minimum Gasteiger partial charge on any atom is -0.458 e. The molecule has 0 aromatic heterocycles. The number of fused-ring (bicyclic) bond motifs is 3. The minimum atomic E-state index is -0.0675. The van der Waals surface area contributed by atoms with Crippen LogP contribution in [0.2, 0.25) is 0 Å². The first kappa shape index (κ1) is 27.0. The first-order valence-electron chi connectivity index (χ1n) is 16.6. The maximum absolute atomic E-state index is 6.97. The third kappa shape index (κ3) is 4.13. The summed E-state index contributed by atoms with van der Waals surface area (Å²) in [5.41, 5.74) is 10.9. The van der Waals surface area contributed by atoms with Gasteiger partial charge in [-0.15, -0.1) is 0 Å². The van der Waals surface area contributed by atoms with E-state index in [-0.39, 0.29) is 6.71 Å². The van der Waals surface area contributed by atoms with E-state index in [0.717, 1.165) is 16.9 Å². The van der Waals surface area contributed by atoms with E-state index < -0.39 is 0 Å². The molecule has 1 aliphatic heterocycles. The van der Waals surface area contributed by atoms with E-state index >= 15 is 0 Å². The van der Waals surface area contributed by atoms with Gasteiger partial charge < -0.3 is 4.74 Å². The molecule has 10 rings (SSSR count). The zero-order valence-electron chi connectivity index (χ0n) is 26.2. The number of rotatable bonds is 4. The van der Waals surface area contributed by atoms with Crippen LogP contribution in [0.1, 0.15) is 0 Å². The number of ether oxygens (including phenoxy) is 1. The van der Waals surface area contributed by atoms with Gasteiger partial charge in [0.1, 0.15) is 11.5 Å². The predicted molar refractivity (Wildman–Crippen MR) is 204 cm³/mol. The van der Waals surface area contributed by atoms with E-state index in [2.05, 4.69) is 176 Å². The SMILES string of the molecule is c1ccc(-c2cc(-c3ccccc3)c(B3c4ccccc4Oc4c3cc3ccc5cccc6ccc4c3c56)c(-c3ccccc3)c2)cc1. The Hall–Kier alpha value is -6.12. The van der Waals surface area contributed by atoms with Gasteiger partial charge in [0, 0.05) is 10.8 Å². The molecule has 0 atom stereocenters. The van der Waals surface area contributed by atoms with E-state index in [9.17, 15) is 0 Å². The Morgan fingerprint density at radius 1 is 0.375 bits per heavy atom. The lowest BCUT2D eigenvalue weighted by Gasteiger charge is -2.31. The van der Waals surface area contributed by atoms with Gasteiger partial charge in [0.05, 0.1) is 0 Å². The van der Waals surface area contributed by atoms with Crippen LogP contribution < -0.4 is 21.1 Å². The number of para-hydroxylation sites is 1. The molecule has 2 heteroatoms. The van der Waals surface area contributed by atoms with Crippen LogP contribution in [0, 0.1) is 0 Å². The Kier molecular flexibility index (Phi) is 6.04. The lowest BCUT2D eigenvalue weighted by Crippen LogP contribution is -2.56. The molecule has 0 amide bonds. The van der Waals surface area contributed by atoms with Gasteiger partial charge in [-0.25, -0.2) is 0 Å². The smallest absolute Gasteiger partial charge is 0.252 e. The molecule has 0 saturated carbocycles. The van der Waals surface area contributed by atoms with Gasteiger partial charge in [-0.05, 0) is 90.1 Å². The Morgan fingerprint density at radius 2 is 0.938 bits per heavy atom. The maximum atomic E-state index is 6.97. The largest absolute Gasteiger partial charge is 0.458 e. The molecule has 0 aliphatic carbocycles. The zero-order chi connectivity index (χ0) is 31.6. The van der Waals surface area contributed by atoms with Crippen LogP contribution >= 0.6 is 0 Å². The van der Waals surface area contributed by atoms with Crippen LogP contribution in [0.15, 0.2) is 176 Å². The summed E-state index contributed by atoms with van der Waals surface area (Å²) in [4.78, 5) is 0. The molecule has 9 aromatic carbocycles. The van der Waals surface area contributed by atoms with Crippen LogP contribution in [0.4, 0.5) is 0 Å². The fourth-order valence-corrected chi connectivity index (χ4v) is 8.01.